The van der Waals surface area contributed by atoms with Gasteiger partial charge < -0.3 is 9.84 Å². The van der Waals surface area contributed by atoms with Gasteiger partial charge in [0.2, 0.25) is 0 Å². The number of hydrogen-bond donors (Lipinski definition) is 1. The smallest absolute Gasteiger partial charge is 0.354 e. The van der Waals surface area contributed by atoms with Gasteiger partial charge in [-0.15, -0.1) is 0 Å². The van der Waals surface area contributed by atoms with Gasteiger partial charge in [-0.3, -0.25) is 4.90 Å². The Morgan fingerprint density at radius 2 is 1.91 bits per heavy atom. The molecule has 0 unspecified atom stereocenters. The third-order valence-electron chi connectivity index (χ3n) is 3.52. The second-order valence-electron chi connectivity index (χ2n) is 5.13. The lowest BCUT2D eigenvalue weighted by molar-refractivity contribution is 0.0336. The summed E-state index contributed by atoms with van der Waals surface area (Å²) in [5, 5.41) is 9.26. The minimum absolute atomic E-state index is 0.0251. The number of benzene rings is 1. The van der Waals surface area contributed by atoms with Gasteiger partial charge in [0, 0.05) is 25.2 Å². The van der Waals surface area contributed by atoms with Crippen LogP contribution in [-0.2, 0) is 11.3 Å². The zero-order chi connectivity index (χ0) is 15.4. The first-order valence-electron chi connectivity index (χ1n) is 7.19. The Kier molecular flexibility index (Phi) is 4.41. The molecule has 0 aliphatic carbocycles. The molecule has 1 aliphatic heterocycles. The number of carboxylic acid groups (broad SMARTS) is 1. The third-order valence-corrected chi connectivity index (χ3v) is 3.52. The lowest BCUT2D eigenvalue weighted by Crippen LogP contribution is -2.36. The number of aromatic nitrogens is 2. The standard InChI is InChI=1S/C16H17N3O3/c20-16(21)14-10-13(11-19-6-8-22-9-7-19)17-15(18-14)12-4-2-1-3-5-12/h1-5,10H,6-9,11H2,(H,20,21). The Morgan fingerprint density at radius 1 is 1.18 bits per heavy atom. The fraction of sp³-hybridized carbons (Fsp3) is 0.312. The largest absolute Gasteiger partial charge is 0.477 e. The van der Waals surface area contributed by atoms with Crippen molar-refractivity contribution in [3.05, 3.63) is 47.8 Å². The Labute approximate surface area is 128 Å². The van der Waals surface area contributed by atoms with Crippen molar-refractivity contribution in [1.82, 2.24) is 14.9 Å². The van der Waals surface area contributed by atoms with Crippen molar-refractivity contribution < 1.29 is 14.6 Å². The molecule has 6 heteroatoms. The van der Waals surface area contributed by atoms with E-state index in [1.165, 1.54) is 0 Å². The van der Waals surface area contributed by atoms with Crippen molar-refractivity contribution >= 4 is 5.97 Å². The van der Waals surface area contributed by atoms with Gasteiger partial charge in [0.05, 0.1) is 18.9 Å². The van der Waals surface area contributed by atoms with Crippen molar-refractivity contribution in [3.63, 3.8) is 0 Å². The Hall–Kier alpha value is -2.31. The minimum atomic E-state index is -1.04. The zero-order valence-corrected chi connectivity index (χ0v) is 12.1. The van der Waals surface area contributed by atoms with Gasteiger partial charge in [0.1, 0.15) is 0 Å². The molecule has 0 saturated carbocycles. The van der Waals surface area contributed by atoms with Crippen LogP contribution >= 0.6 is 0 Å². The van der Waals surface area contributed by atoms with Crippen molar-refractivity contribution in [1.29, 1.82) is 0 Å². The minimum Gasteiger partial charge on any atom is -0.477 e. The highest BCUT2D eigenvalue weighted by molar-refractivity contribution is 5.86. The molecule has 1 aliphatic rings. The number of ether oxygens (including phenoxy) is 1. The van der Waals surface area contributed by atoms with E-state index >= 15 is 0 Å². The molecule has 1 fully saturated rings. The second kappa shape index (κ2) is 6.64. The van der Waals surface area contributed by atoms with Crippen molar-refractivity contribution in [2.45, 2.75) is 6.54 Å². The molecule has 22 heavy (non-hydrogen) atoms. The molecule has 0 atom stereocenters. The van der Waals surface area contributed by atoms with E-state index in [4.69, 9.17) is 4.74 Å². The number of morpholine rings is 1. The van der Waals surface area contributed by atoms with Crippen molar-refractivity contribution in [2.75, 3.05) is 26.3 Å². The first-order chi connectivity index (χ1) is 10.7. The topological polar surface area (TPSA) is 75.5 Å². The van der Waals surface area contributed by atoms with Crippen molar-refractivity contribution in [2.24, 2.45) is 0 Å². The van der Waals surface area contributed by atoms with Gasteiger partial charge in [-0.25, -0.2) is 14.8 Å². The maximum absolute atomic E-state index is 11.3. The number of rotatable bonds is 4. The van der Waals surface area contributed by atoms with Crippen LogP contribution in [0.3, 0.4) is 0 Å². The molecule has 6 nitrogen and oxygen atoms in total. The molecule has 1 aromatic carbocycles. The fourth-order valence-corrected chi connectivity index (χ4v) is 2.39. The highest BCUT2D eigenvalue weighted by Gasteiger charge is 2.15. The molecule has 0 amide bonds. The molecule has 1 aromatic heterocycles. The second-order valence-corrected chi connectivity index (χ2v) is 5.13. The highest BCUT2D eigenvalue weighted by atomic mass is 16.5. The summed E-state index contributed by atoms with van der Waals surface area (Å²) >= 11 is 0. The molecular weight excluding hydrogens is 282 g/mol. The van der Waals surface area contributed by atoms with E-state index in [0.29, 0.717) is 31.3 Å². The van der Waals surface area contributed by atoms with Crippen LogP contribution in [-0.4, -0.2) is 52.2 Å². The quantitative estimate of drug-likeness (QED) is 0.925. The van der Waals surface area contributed by atoms with Gasteiger partial charge in [0.15, 0.2) is 11.5 Å². The average molecular weight is 299 g/mol. The Morgan fingerprint density at radius 3 is 2.59 bits per heavy atom. The predicted molar refractivity (Wildman–Crippen MR) is 80.5 cm³/mol. The van der Waals surface area contributed by atoms with E-state index in [-0.39, 0.29) is 5.69 Å². The molecular formula is C16H17N3O3. The van der Waals surface area contributed by atoms with E-state index in [2.05, 4.69) is 14.9 Å². The third kappa shape index (κ3) is 3.47. The first kappa shape index (κ1) is 14.6. The van der Waals surface area contributed by atoms with E-state index in [1.807, 2.05) is 30.3 Å². The Bertz CT molecular complexity index is 655. The molecule has 2 heterocycles. The normalized spacial score (nSPS) is 15.6. The molecule has 3 rings (SSSR count). The molecule has 1 N–H and O–H groups in total. The summed E-state index contributed by atoms with van der Waals surface area (Å²) in [6.45, 7) is 3.65. The summed E-state index contributed by atoms with van der Waals surface area (Å²) in [7, 11) is 0. The summed E-state index contributed by atoms with van der Waals surface area (Å²) in [6.07, 6.45) is 0. The maximum Gasteiger partial charge on any atom is 0.354 e. The van der Waals surface area contributed by atoms with E-state index < -0.39 is 5.97 Å². The van der Waals surface area contributed by atoms with Crippen LogP contribution < -0.4 is 0 Å². The van der Waals surface area contributed by atoms with Crippen LogP contribution in [0, 0.1) is 0 Å². The summed E-state index contributed by atoms with van der Waals surface area (Å²) in [5.41, 5.74) is 1.55. The van der Waals surface area contributed by atoms with E-state index in [1.54, 1.807) is 6.07 Å². The lowest BCUT2D eigenvalue weighted by Gasteiger charge is -2.26. The molecule has 0 radical (unpaired) electrons. The van der Waals surface area contributed by atoms with Crippen LogP contribution in [0.25, 0.3) is 11.4 Å². The number of carbonyl (C=O) groups is 1. The summed E-state index contributed by atoms with van der Waals surface area (Å²) in [4.78, 5) is 22.2. The van der Waals surface area contributed by atoms with Crippen LogP contribution in [0.2, 0.25) is 0 Å². The molecule has 0 bridgehead atoms. The fourth-order valence-electron chi connectivity index (χ4n) is 2.39. The number of carboxylic acids is 1. The maximum atomic E-state index is 11.3. The van der Waals surface area contributed by atoms with Crippen LogP contribution in [0.15, 0.2) is 36.4 Å². The van der Waals surface area contributed by atoms with Crippen LogP contribution in [0.4, 0.5) is 0 Å². The Balaban J connectivity index is 1.91. The highest BCUT2D eigenvalue weighted by Crippen LogP contribution is 2.17. The van der Waals surface area contributed by atoms with E-state index in [0.717, 1.165) is 18.7 Å². The molecule has 1 saturated heterocycles. The predicted octanol–water partition coefficient (Wildman–Crippen LogP) is 1.67. The van der Waals surface area contributed by atoms with E-state index in [9.17, 15) is 9.90 Å². The first-order valence-corrected chi connectivity index (χ1v) is 7.19. The van der Waals surface area contributed by atoms with Gasteiger partial charge in [-0.1, -0.05) is 30.3 Å². The van der Waals surface area contributed by atoms with Crippen LogP contribution in [0.1, 0.15) is 16.2 Å². The van der Waals surface area contributed by atoms with Gasteiger partial charge >= 0.3 is 5.97 Å². The summed E-state index contributed by atoms with van der Waals surface area (Å²) < 4.78 is 5.32. The molecule has 114 valence electrons. The number of hydrogen-bond acceptors (Lipinski definition) is 5. The average Bonchev–Trinajstić information content (AvgIpc) is 2.56. The van der Waals surface area contributed by atoms with Crippen molar-refractivity contribution in [3.8, 4) is 11.4 Å². The van der Waals surface area contributed by atoms with Gasteiger partial charge in [0.25, 0.3) is 0 Å². The number of nitrogens with zero attached hydrogens (tertiary/aromatic N) is 3. The summed E-state index contributed by atoms with van der Waals surface area (Å²) in [6, 6.07) is 11.0. The summed E-state index contributed by atoms with van der Waals surface area (Å²) in [5.74, 6) is -0.591. The van der Waals surface area contributed by atoms with Gasteiger partial charge in [-0.2, -0.15) is 0 Å². The molecule has 0 spiro atoms. The lowest BCUT2D eigenvalue weighted by atomic mass is 10.2. The monoisotopic (exact) mass is 299 g/mol. The van der Waals surface area contributed by atoms with Gasteiger partial charge in [-0.05, 0) is 6.07 Å². The SMILES string of the molecule is O=C(O)c1cc(CN2CCOCC2)nc(-c2ccccc2)n1. The molecule has 2 aromatic rings. The zero-order valence-electron chi connectivity index (χ0n) is 12.1. The van der Waals surface area contributed by atoms with Crippen LogP contribution in [0.5, 0.6) is 0 Å². The number of aromatic carboxylic acids is 1.